The molecule has 2 N–H and O–H groups in total. The summed E-state index contributed by atoms with van der Waals surface area (Å²) < 4.78 is 15.3. The fourth-order valence-corrected chi connectivity index (χ4v) is 2.51. The van der Waals surface area contributed by atoms with Crippen molar-refractivity contribution in [3.05, 3.63) is 59.7 Å². The molecule has 0 radical (unpaired) electrons. The molecule has 148 valence electrons. The number of ether oxygens (including phenoxy) is 3. The van der Waals surface area contributed by atoms with E-state index in [0.717, 1.165) is 5.56 Å². The van der Waals surface area contributed by atoms with Crippen LogP contribution >= 0.6 is 0 Å². The normalized spacial score (nSPS) is 11.2. The first-order valence-corrected chi connectivity index (χ1v) is 8.43. The average Bonchev–Trinajstić information content (AvgIpc) is 2.74. The van der Waals surface area contributed by atoms with Gasteiger partial charge in [-0.3, -0.25) is 9.59 Å². The van der Waals surface area contributed by atoms with E-state index in [0.29, 0.717) is 17.0 Å². The van der Waals surface area contributed by atoms with Crippen LogP contribution in [0.4, 0.5) is 5.69 Å². The van der Waals surface area contributed by atoms with E-state index >= 15 is 0 Å². The summed E-state index contributed by atoms with van der Waals surface area (Å²) in [5.74, 6) is -1.51. The summed E-state index contributed by atoms with van der Waals surface area (Å²) in [5, 5.41) is 5.00. The van der Waals surface area contributed by atoms with Crippen LogP contribution in [-0.4, -0.2) is 45.7 Å². The number of hydrogen-bond acceptors (Lipinski definition) is 6. The predicted molar refractivity (Wildman–Crippen MR) is 102 cm³/mol. The summed E-state index contributed by atoms with van der Waals surface area (Å²) in [6.45, 7) is 0.0877. The first kappa shape index (κ1) is 20.9. The Morgan fingerprint density at radius 3 is 2.21 bits per heavy atom. The maximum atomic E-state index is 12.1. The van der Waals surface area contributed by atoms with Crippen LogP contribution in [0.25, 0.3) is 0 Å². The van der Waals surface area contributed by atoms with Gasteiger partial charge < -0.3 is 24.8 Å². The first-order chi connectivity index (χ1) is 13.5. The summed E-state index contributed by atoms with van der Waals surface area (Å²) in [6, 6.07) is 13.2. The number of nitrogens with one attached hydrogen (secondary N) is 2. The second-order valence-corrected chi connectivity index (χ2v) is 5.70. The molecule has 0 aliphatic rings. The van der Waals surface area contributed by atoms with Gasteiger partial charge in [0.2, 0.25) is 0 Å². The van der Waals surface area contributed by atoms with Gasteiger partial charge in [-0.15, -0.1) is 0 Å². The third-order valence-corrected chi connectivity index (χ3v) is 3.99. The van der Waals surface area contributed by atoms with E-state index in [1.165, 1.54) is 38.5 Å². The van der Waals surface area contributed by atoms with Crippen molar-refractivity contribution < 1.29 is 28.6 Å². The number of carbonyl (C=O) groups is 3. The number of carbonyl (C=O) groups excluding carboxylic acids is 3. The number of para-hydroxylation sites is 1. The van der Waals surface area contributed by atoms with Crippen molar-refractivity contribution in [1.82, 2.24) is 5.32 Å². The summed E-state index contributed by atoms with van der Waals surface area (Å²) in [4.78, 5) is 35.6. The number of esters is 1. The Hall–Kier alpha value is -3.39. The molecule has 2 rings (SSSR count). The molecule has 2 aromatic carbocycles. The number of methoxy groups -OCH3 is 3. The Morgan fingerprint density at radius 2 is 1.61 bits per heavy atom. The molecular formula is C20H22N2O6. The highest BCUT2D eigenvalue weighted by atomic mass is 16.5. The zero-order valence-electron chi connectivity index (χ0n) is 15.9. The van der Waals surface area contributed by atoms with Gasteiger partial charge in [-0.05, 0) is 30.3 Å². The Balaban J connectivity index is 1.94. The van der Waals surface area contributed by atoms with E-state index in [1.807, 2.05) is 18.2 Å². The smallest absolute Gasteiger partial charge is 0.337 e. The van der Waals surface area contributed by atoms with E-state index in [9.17, 15) is 14.4 Å². The standard InChI is InChI=1S/C20H22N2O6/c1-26-16-7-5-4-6-15(16)17(27-2)12-21-18(23)19(24)22-14-10-8-13(9-11-14)20(25)28-3/h4-11,17H,12H2,1-3H3,(H,21,23)(H,22,24). The molecule has 2 aromatic rings. The molecule has 0 aliphatic heterocycles. The second-order valence-electron chi connectivity index (χ2n) is 5.70. The van der Waals surface area contributed by atoms with E-state index in [2.05, 4.69) is 15.4 Å². The Kier molecular flexibility index (Phi) is 7.53. The van der Waals surface area contributed by atoms with Gasteiger partial charge in [-0.2, -0.15) is 0 Å². The molecule has 0 aliphatic carbocycles. The monoisotopic (exact) mass is 386 g/mol. The molecule has 0 aromatic heterocycles. The van der Waals surface area contributed by atoms with Crippen LogP contribution in [0.5, 0.6) is 5.75 Å². The van der Waals surface area contributed by atoms with Gasteiger partial charge in [0.1, 0.15) is 11.9 Å². The third kappa shape index (κ3) is 5.31. The van der Waals surface area contributed by atoms with Crippen molar-refractivity contribution in [2.75, 3.05) is 33.2 Å². The fourth-order valence-electron chi connectivity index (χ4n) is 2.51. The molecule has 0 heterocycles. The van der Waals surface area contributed by atoms with Gasteiger partial charge in [-0.25, -0.2) is 4.79 Å². The maximum Gasteiger partial charge on any atom is 0.337 e. The van der Waals surface area contributed by atoms with Gasteiger partial charge in [0.15, 0.2) is 0 Å². The number of amides is 2. The topological polar surface area (TPSA) is 103 Å². The lowest BCUT2D eigenvalue weighted by Crippen LogP contribution is -2.38. The highest BCUT2D eigenvalue weighted by Gasteiger charge is 2.19. The Bertz CT molecular complexity index is 835. The molecule has 28 heavy (non-hydrogen) atoms. The predicted octanol–water partition coefficient (Wildman–Crippen LogP) is 1.92. The molecule has 0 bridgehead atoms. The molecule has 8 heteroatoms. The summed E-state index contributed by atoms with van der Waals surface area (Å²) in [5.41, 5.74) is 1.47. The van der Waals surface area contributed by atoms with Gasteiger partial charge >= 0.3 is 17.8 Å². The van der Waals surface area contributed by atoms with E-state index in [1.54, 1.807) is 13.2 Å². The van der Waals surface area contributed by atoms with Gasteiger partial charge in [0.25, 0.3) is 0 Å². The second kappa shape index (κ2) is 10.1. The molecular weight excluding hydrogens is 364 g/mol. The Morgan fingerprint density at radius 1 is 0.929 bits per heavy atom. The van der Waals surface area contributed by atoms with Gasteiger partial charge in [-0.1, -0.05) is 18.2 Å². The van der Waals surface area contributed by atoms with Crippen molar-refractivity contribution in [3.63, 3.8) is 0 Å². The molecule has 2 amide bonds. The first-order valence-electron chi connectivity index (χ1n) is 8.43. The fraction of sp³-hybridized carbons (Fsp3) is 0.250. The highest BCUT2D eigenvalue weighted by Crippen LogP contribution is 2.26. The molecule has 1 unspecified atom stereocenters. The van der Waals surface area contributed by atoms with Crippen LogP contribution in [0, 0.1) is 0 Å². The number of benzene rings is 2. The molecule has 0 fully saturated rings. The quantitative estimate of drug-likeness (QED) is 0.557. The SMILES string of the molecule is COC(=O)c1ccc(NC(=O)C(=O)NCC(OC)c2ccccc2OC)cc1. The zero-order valence-corrected chi connectivity index (χ0v) is 15.9. The van der Waals surface area contributed by atoms with E-state index in [-0.39, 0.29) is 6.54 Å². The minimum atomic E-state index is -0.833. The Labute approximate surface area is 162 Å². The lowest BCUT2D eigenvalue weighted by atomic mass is 10.1. The molecule has 0 saturated carbocycles. The van der Waals surface area contributed by atoms with Crippen LogP contribution < -0.4 is 15.4 Å². The number of anilines is 1. The minimum absolute atomic E-state index is 0.0877. The maximum absolute atomic E-state index is 12.1. The van der Waals surface area contributed by atoms with Crippen molar-refractivity contribution in [2.45, 2.75) is 6.10 Å². The zero-order chi connectivity index (χ0) is 20.5. The van der Waals surface area contributed by atoms with E-state index < -0.39 is 23.9 Å². The average molecular weight is 386 g/mol. The molecule has 0 saturated heterocycles. The largest absolute Gasteiger partial charge is 0.496 e. The van der Waals surface area contributed by atoms with Crippen molar-refractivity contribution in [1.29, 1.82) is 0 Å². The van der Waals surface area contributed by atoms with Crippen LogP contribution in [0.3, 0.4) is 0 Å². The molecule has 1 atom stereocenters. The van der Waals surface area contributed by atoms with Gasteiger partial charge in [0, 0.05) is 24.9 Å². The minimum Gasteiger partial charge on any atom is -0.496 e. The molecule has 0 spiro atoms. The van der Waals surface area contributed by atoms with E-state index in [4.69, 9.17) is 9.47 Å². The number of hydrogen-bond donors (Lipinski definition) is 2. The van der Waals surface area contributed by atoms with Crippen molar-refractivity contribution >= 4 is 23.5 Å². The number of rotatable bonds is 7. The van der Waals surface area contributed by atoms with Crippen LogP contribution in [0.15, 0.2) is 48.5 Å². The summed E-state index contributed by atoms with van der Waals surface area (Å²) >= 11 is 0. The lowest BCUT2D eigenvalue weighted by Gasteiger charge is -2.18. The lowest BCUT2D eigenvalue weighted by molar-refractivity contribution is -0.136. The third-order valence-electron chi connectivity index (χ3n) is 3.99. The van der Waals surface area contributed by atoms with Crippen molar-refractivity contribution in [3.8, 4) is 5.75 Å². The van der Waals surface area contributed by atoms with Crippen molar-refractivity contribution in [2.24, 2.45) is 0 Å². The molecule has 8 nitrogen and oxygen atoms in total. The van der Waals surface area contributed by atoms with Crippen LogP contribution in [-0.2, 0) is 19.1 Å². The van der Waals surface area contributed by atoms with Gasteiger partial charge in [0.05, 0.1) is 19.8 Å². The highest BCUT2D eigenvalue weighted by molar-refractivity contribution is 6.39. The van der Waals surface area contributed by atoms with Crippen LogP contribution in [0.2, 0.25) is 0 Å². The summed E-state index contributed by atoms with van der Waals surface area (Å²) in [7, 11) is 4.33. The summed E-state index contributed by atoms with van der Waals surface area (Å²) in [6.07, 6.45) is -0.479. The van der Waals surface area contributed by atoms with Crippen LogP contribution in [0.1, 0.15) is 22.0 Å².